The zero-order chi connectivity index (χ0) is 20.6. The third kappa shape index (κ3) is 3.97. The third-order valence-electron chi connectivity index (χ3n) is 4.95. The van der Waals surface area contributed by atoms with E-state index in [1.54, 1.807) is 18.5 Å². The standard InChI is InChI=1S/C19H25F2N3O2S2/c1-12(2)24-14(4)19(13(3)22-24)28(25,26)23-8-7-18(27-10-9-23)16-11-15(20)5-6-17(16)21/h5-6,11-12,18H,7-10H2,1-4H3. The summed E-state index contributed by atoms with van der Waals surface area (Å²) in [5.41, 5.74) is 1.40. The van der Waals surface area contributed by atoms with Crippen LogP contribution in [0.3, 0.4) is 0 Å². The molecule has 2 aromatic rings. The van der Waals surface area contributed by atoms with Crippen molar-refractivity contribution in [1.82, 2.24) is 14.1 Å². The van der Waals surface area contributed by atoms with E-state index in [4.69, 9.17) is 0 Å². The molecule has 1 aromatic heterocycles. The molecule has 0 bridgehead atoms. The summed E-state index contributed by atoms with van der Waals surface area (Å²) in [7, 11) is -3.71. The fourth-order valence-electron chi connectivity index (χ4n) is 3.65. The summed E-state index contributed by atoms with van der Waals surface area (Å²) in [6.07, 6.45) is 0.417. The van der Waals surface area contributed by atoms with Crippen LogP contribution in [-0.2, 0) is 10.0 Å². The van der Waals surface area contributed by atoms with Gasteiger partial charge in [0.15, 0.2) is 0 Å². The van der Waals surface area contributed by atoms with Gasteiger partial charge in [0.05, 0.1) is 11.4 Å². The smallest absolute Gasteiger partial charge is 0.246 e. The minimum Gasteiger partial charge on any atom is -0.266 e. The van der Waals surface area contributed by atoms with E-state index in [1.165, 1.54) is 22.1 Å². The van der Waals surface area contributed by atoms with Crippen molar-refractivity contribution < 1.29 is 17.2 Å². The molecule has 154 valence electrons. The molecule has 0 saturated carbocycles. The van der Waals surface area contributed by atoms with E-state index in [2.05, 4.69) is 5.10 Å². The Kier molecular flexibility index (Phi) is 6.17. The molecule has 1 aliphatic heterocycles. The van der Waals surface area contributed by atoms with Crippen LogP contribution in [0.2, 0.25) is 0 Å². The van der Waals surface area contributed by atoms with Gasteiger partial charge in [0.2, 0.25) is 10.0 Å². The van der Waals surface area contributed by atoms with Gasteiger partial charge in [-0.15, -0.1) is 0 Å². The van der Waals surface area contributed by atoms with Gasteiger partial charge in [0, 0.05) is 35.7 Å². The second-order valence-corrected chi connectivity index (χ2v) is 10.4. The van der Waals surface area contributed by atoms with Crippen molar-refractivity contribution >= 4 is 21.8 Å². The predicted octanol–water partition coefficient (Wildman–Crippen LogP) is 4.23. The van der Waals surface area contributed by atoms with Crippen molar-refractivity contribution in [3.05, 3.63) is 46.8 Å². The third-order valence-corrected chi connectivity index (χ3v) is 8.41. The SMILES string of the molecule is Cc1nn(C(C)C)c(C)c1S(=O)(=O)N1CCSC(c2cc(F)ccc2F)CC1. The monoisotopic (exact) mass is 429 g/mol. The Morgan fingerprint density at radius 2 is 1.93 bits per heavy atom. The summed E-state index contributed by atoms with van der Waals surface area (Å²) in [5, 5.41) is 4.11. The summed E-state index contributed by atoms with van der Waals surface area (Å²) in [6, 6.07) is 3.48. The number of rotatable bonds is 4. The maximum Gasteiger partial charge on any atom is 0.246 e. The highest BCUT2D eigenvalue weighted by atomic mass is 32.2. The van der Waals surface area contributed by atoms with Crippen molar-refractivity contribution in [2.24, 2.45) is 0 Å². The number of aryl methyl sites for hydroxylation is 1. The summed E-state index contributed by atoms with van der Waals surface area (Å²) < 4.78 is 57.5. The normalized spacial score (nSPS) is 19.2. The van der Waals surface area contributed by atoms with Gasteiger partial charge in [-0.25, -0.2) is 17.2 Å². The van der Waals surface area contributed by atoms with Crippen LogP contribution in [-0.4, -0.2) is 41.3 Å². The van der Waals surface area contributed by atoms with Gasteiger partial charge < -0.3 is 0 Å². The number of thioether (sulfide) groups is 1. The maximum atomic E-state index is 14.1. The van der Waals surface area contributed by atoms with Crippen molar-refractivity contribution in [1.29, 1.82) is 0 Å². The van der Waals surface area contributed by atoms with Gasteiger partial charge in [-0.3, -0.25) is 4.68 Å². The van der Waals surface area contributed by atoms with Crippen LogP contribution in [0.25, 0.3) is 0 Å². The molecule has 1 aliphatic rings. The van der Waals surface area contributed by atoms with Crippen molar-refractivity contribution in [3.63, 3.8) is 0 Å². The Morgan fingerprint density at radius 1 is 1.21 bits per heavy atom. The van der Waals surface area contributed by atoms with E-state index in [0.29, 0.717) is 35.7 Å². The lowest BCUT2D eigenvalue weighted by Gasteiger charge is -2.20. The Hall–Kier alpha value is -1.45. The Balaban J connectivity index is 1.87. The van der Waals surface area contributed by atoms with Crippen LogP contribution in [0.5, 0.6) is 0 Å². The Bertz CT molecular complexity index is 974. The lowest BCUT2D eigenvalue weighted by atomic mass is 10.1. The lowest BCUT2D eigenvalue weighted by Crippen LogP contribution is -2.33. The first kappa shape index (κ1) is 21.3. The number of benzene rings is 1. The van der Waals surface area contributed by atoms with Gasteiger partial charge in [0.1, 0.15) is 16.5 Å². The summed E-state index contributed by atoms with van der Waals surface area (Å²) in [4.78, 5) is 0.251. The van der Waals surface area contributed by atoms with Crippen LogP contribution in [0.1, 0.15) is 48.5 Å². The van der Waals surface area contributed by atoms with Crippen molar-refractivity contribution in [2.45, 2.75) is 50.3 Å². The van der Waals surface area contributed by atoms with Gasteiger partial charge in [-0.05, 0) is 52.3 Å². The van der Waals surface area contributed by atoms with E-state index in [0.717, 1.165) is 12.1 Å². The zero-order valence-corrected chi connectivity index (χ0v) is 18.1. The highest BCUT2D eigenvalue weighted by Gasteiger charge is 2.33. The average molecular weight is 430 g/mol. The molecule has 1 aromatic carbocycles. The quantitative estimate of drug-likeness (QED) is 0.730. The Morgan fingerprint density at radius 3 is 2.57 bits per heavy atom. The zero-order valence-electron chi connectivity index (χ0n) is 16.4. The molecule has 0 N–H and O–H groups in total. The first-order valence-corrected chi connectivity index (χ1v) is 11.7. The van der Waals surface area contributed by atoms with Crippen LogP contribution < -0.4 is 0 Å². The van der Waals surface area contributed by atoms with Crippen molar-refractivity contribution in [2.75, 3.05) is 18.8 Å². The van der Waals surface area contributed by atoms with Gasteiger partial charge in [-0.2, -0.15) is 21.2 Å². The molecule has 3 rings (SSSR count). The molecule has 1 fully saturated rings. The second-order valence-electron chi connectivity index (χ2n) is 7.26. The second kappa shape index (κ2) is 8.12. The number of sulfonamides is 1. The fraction of sp³-hybridized carbons (Fsp3) is 0.526. The molecule has 28 heavy (non-hydrogen) atoms. The van der Waals surface area contributed by atoms with E-state index in [1.807, 2.05) is 13.8 Å². The molecule has 5 nitrogen and oxygen atoms in total. The molecular weight excluding hydrogens is 404 g/mol. The van der Waals surface area contributed by atoms with E-state index in [-0.39, 0.29) is 22.7 Å². The minimum absolute atomic E-state index is 0.0580. The average Bonchev–Trinajstić information content (AvgIpc) is 2.80. The van der Waals surface area contributed by atoms with Crippen LogP contribution in [0.4, 0.5) is 8.78 Å². The number of nitrogens with zero attached hydrogens (tertiary/aromatic N) is 3. The molecule has 2 heterocycles. The number of hydrogen-bond donors (Lipinski definition) is 0. The van der Waals surface area contributed by atoms with Crippen LogP contribution in [0.15, 0.2) is 23.1 Å². The van der Waals surface area contributed by atoms with Crippen LogP contribution in [0, 0.1) is 25.5 Å². The van der Waals surface area contributed by atoms with E-state index < -0.39 is 21.7 Å². The molecule has 1 saturated heterocycles. The fourth-order valence-corrected chi connectivity index (χ4v) is 6.83. The first-order valence-electron chi connectivity index (χ1n) is 9.25. The molecule has 1 unspecified atom stereocenters. The van der Waals surface area contributed by atoms with E-state index in [9.17, 15) is 17.2 Å². The largest absolute Gasteiger partial charge is 0.266 e. The lowest BCUT2D eigenvalue weighted by molar-refractivity contribution is 0.425. The summed E-state index contributed by atoms with van der Waals surface area (Å²) in [5.74, 6) is -0.436. The van der Waals surface area contributed by atoms with Gasteiger partial charge >= 0.3 is 0 Å². The minimum atomic E-state index is -3.71. The highest BCUT2D eigenvalue weighted by Crippen LogP contribution is 2.37. The Labute approximate surface area is 169 Å². The number of aromatic nitrogens is 2. The molecule has 0 radical (unpaired) electrons. The molecule has 0 spiro atoms. The van der Waals surface area contributed by atoms with Gasteiger partial charge in [0.25, 0.3) is 0 Å². The molecule has 9 heteroatoms. The van der Waals surface area contributed by atoms with Gasteiger partial charge in [-0.1, -0.05) is 0 Å². The van der Waals surface area contributed by atoms with Crippen LogP contribution >= 0.6 is 11.8 Å². The first-order chi connectivity index (χ1) is 13.1. The molecule has 0 aliphatic carbocycles. The topological polar surface area (TPSA) is 55.2 Å². The molecule has 1 atom stereocenters. The molecular formula is C19H25F2N3O2S2. The number of hydrogen-bond acceptors (Lipinski definition) is 4. The highest BCUT2D eigenvalue weighted by molar-refractivity contribution is 7.99. The summed E-state index contributed by atoms with van der Waals surface area (Å²) >= 11 is 1.46. The predicted molar refractivity (Wildman–Crippen MR) is 107 cm³/mol. The molecule has 0 amide bonds. The summed E-state index contributed by atoms with van der Waals surface area (Å²) in [6.45, 7) is 7.96. The van der Waals surface area contributed by atoms with E-state index >= 15 is 0 Å². The van der Waals surface area contributed by atoms with Crippen molar-refractivity contribution in [3.8, 4) is 0 Å². The maximum absolute atomic E-state index is 14.1. The number of halogens is 2.